The van der Waals surface area contributed by atoms with Gasteiger partial charge in [-0.2, -0.15) is 0 Å². The van der Waals surface area contributed by atoms with Crippen molar-refractivity contribution in [1.82, 2.24) is 9.80 Å². The van der Waals surface area contributed by atoms with Crippen molar-refractivity contribution in [3.05, 3.63) is 59.0 Å². The van der Waals surface area contributed by atoms with Crippen molar-refractivity contribution in [3.63, 3.8) is 0 Å². The first kappa shape index (κ1) is 27.0. The van der Waals surface area contributed by atoms with Gasteiger partial charge in [0.15, 0.2) is 0 Å². The molecule has 0 aliphatic carbocycles. The summed E-state index contributed by atoms with van der Waals surface area (Å²) >= 11 is 0. The first-order valence-electron chi connectivity index (χ1n) is 12.7. The summed E-state index contributed by atoms with van der Waals surface area (Å²) in [6.07, 6.45) is 4.49. The van der Waals surface area contributed by atoms with Crippen LogP contribution in [0.15, 0.2) is 52.9 Å². The van der Waals surface area contributed by atoms with Gasteiger partial charge in [-0.15, -0.1) is 0 Å². The molecule has 2 aliphatic rings. The quantitative estimate of drug-likeness (QED) is 0.203. The van der Waals surface area contributed by atoms with Gasteiger partial charge in [-0.25, -0.2) is 4.99 Å². The molecule has 1 aromatic carbocycles. The number of amides is 1. The highest BCUT2D eigenvalue weighted by molar-refractivity contribution is 5.95. The number of aliphatic imine (C=N–C) groups is 1. The molecule has 3 N–H and O–H groups in total. The van der Waals surface area contributed by atoms with Crippen LogP contribution in [0.1, 0.15) is 64.5 Å². The molecule has 2 saturated heterocycles. The normalized spacial score (nSPS) is 19.6. The SMILES string of the molecule is C=C(OCc1ccc(C(C)(C)C)cc1)/C(C)=C(\N=C/N)C(=O)N1CCC(N2CCC(O)CC2)CC1. The summed E-state index contributed by atoms with van der Waals surface area (Å²) in [6.45, 7) is 16.0. The molecular formula is C28H42N4O3. The largest absolute Gasteiger partial charge is 0.489 e. The number of nitrogens with two attached hydrogens (primary N) is 1. The number of piperidine rings is 2. The molecule has 7 nitrogen and oxygen atoms in total. The van der Waals surface area contributed by atoms with Gasteiger partial charge in [-0.3, -0.25) is 4.79 Å². The predicted molar refractivity (Wildman–Crippen MR) is 141 cm³/mol. The Morgan fingerprint density at radius 2 is 1.74 bits per heavy atom. The molecule has 1 aromatic rings. The Bertz CT molecular complexity index is 930. The summed E-state index contributed by atoms with van der Waals surface area (Å²) in [6, 6.07) is 8.82. The van der Waals surface area contributed by atoms with Crippen LogP contribution in [-0.4, -0.2) is 65.5 Å². The summed E-state index contributed by atoms with van der Waals surface area (Å²) in [7, 11) is 0. The molecule has 3 rings (SSSR count). The van der Waals surface area contributed by atoms with Gasteiger partial charge in [-0.05, 0) is 49.1 Å². The third kappa shape index (κ3) is 7.18. The van der Waals surface area contributed by atoms with Crippen molar-refractivity contribution in [2.24, 2.45) is 10.7 Å². The number of benzene rings is 1. The molecule has 35 heavy (non-hydrogen) atoms. The second-order valence-electron chi connectivity index (χ2n) is 10.7. The van der Waals surface area contributed by atoms with Crippen LogP contribution in [-0.2, 0) is 21.6 Å². The maximum absolute atomic E-state index is 13.3. The van der Waals surface area contributed by atoms with E-state index in [9.17, 15) is 9.90 Å². The zero-order valence-electron chi connectivity index (χ0n) is 21.8. The summed E-state index contributed by atoms with van der Waals surface area (Å²) in [5.41, 5.74) is 8.86. The van der Waals surface area contributed by atoms with Crippen LogP contribution in [0.5, 0.6) is 0 Å². The number of carbonyl (C=O) groups is 1. The molecule has 0 radical (unpaired) electrons. The molecule has 0 spiro atoms. The number of rotatable bonds is 7. The molecule has 0 atom stereocenters. The van der Waals surface area contributed by atoms with Crippen molar-refractivity contribution in [3.8, 4) is 0 Å². The zero-order chi connectivity index (χ0) is 25.6. The smallest absolute Gasteiger partial charge is 0.272 e. The molecule has 1 amide bonds. The fourth-order valence-electron chi connectivity index (χ4n) is 4.73. The van der Waals surface area contributed by atoms with E-state index in [1.54, 1.807) is 6.92 Å². The fraction of sp³-hybridized carbons (Fsp3) is 0.571. The molecule has 0 bridgehead atoms. The average molecular weight is 483 g/mol. The lowest BCUT2D eigenvalue weighted by molar-refractivity contribution is -0.128. The van der Waals surface area contributed by atoms with Crippen molar-refractivity contribution >= 4 is 12.2 Å². The highest BCUT2D eigenvalue weighted by atomic mass is 16.5. The Labute approximate surface area is 210 Å². The number of carbonyl (C=O) groups excluding carboxylic acids is 1. The minimum Gasteiger partial charge on any atom is -0.489 e. The summed E-state index contributed by atoms with van der Waals surface area (Å²) in [5.74, 6) is 0.275. The van der Waals surface area contributed by atoms with E-state index < -0.39 is 0 Å². The van der Waals surface area contributed by atoms with Crippen LogP contribution in [0.25, 0.3) is 0 Å². The van der Waals surface area contributed by atoms with Crippen LogP contribution >= 0.6 is 0 Å². The van der Waals surface area contributed by atoms with Crippen LogP contribution in [0.4, 0.5) is 0 Å². The van der Waals surface area contributed by atoms with Gasteiger partial charge in [0.25, 0.3) is 5.91 Å². The molecule has 2 aliphatic heterocycles. The van der Waals surface area contributed by atoms with E-state index in [0.717, 1.165) is 50.7 Å². The maximum Gasteiger partial charge on any atom is 0.272 e. The van der Waals surface area contributed by atoms with Gasteiger partial charge in [0.1, 0.15) is 18.1 Å². The van der Waals surface area contributed by atoms with Crippen molar-refractivity contribution in [2.45, 2.75) is 77.5 Å². The molecule has 0 saturated carbocycles. The molecule has 0 unspecified atom stereocenters. The lowest BCUT2D eigenvalue weighted by atomic mass is 9.87. The minimum atomic E-state index is -0.170. The van der Waals surface area contributed by atoms with E-state index in [1.165, 1.54) is 5.56 Å². The van der Waals surface area contributed by atoms with Crippen LogP contribution in [0.3, 0.4) is 0 Å². The van der Waals surface area contributed by atoms with E-state index in [0.29, 0.717) is 37.1 Å². The van der Waals surface area contributed by atoms with E-state index in [-0.39, 0.29) is 23.1 Å². The fourth-order valence-corrected chi connectivity index (χ4v) is 4.73. The number of aliphatic hydroxyl groups is 1. The second kappa shape index (κ2) is 11.9. The third-order valence-electron chi connectivity index (χ3n) is 7.18. The summed E-state index contributed by atoms with van der Waals surface area (Å²) < 4.78 is 5.92. The standard InChI is InChI=1S/C28H42N4O3/c1-20(21(2)35-18-22-6-8-23(9-7-22)28(3,4)5)26(30-19-29)27(34)32-14-10-24(11-15-32)31-16-12-25(33)13-17-31/h6-9,19,24-25,33H,2,10-18H2,1,3-5H3,(H2,29,30)/b26-20-. The Morgan fingerprint density at radius 3 is 2.29 bits per heavy atom. The van der Waals surface area contributed by atoms with E-state index in [1.807, 2.05) is 4.90 Å². The summed E-state index contributed by atoms with van der Waals surface area (Å²) in [4.78, 5) is 21.8. The highest BCUT2D eigenvalue weighted by Crippen LogP contribution is 2.25. The molecular weight excluding hydrogens is 440 g/mol. The van der Waals surface area contributed by atoms with E-state index >= 15 is 0 Å². The molecule has 192 valence electrons. The van der Waals surface area contributed by atoms with Gasteiger partial charge >= 0.3 is 0 Å². The number of likely N-dealkylation sites (tertiary alicyclic amines) is 2. The predicted octanol–water partition coefficient (Wildman–Crippen LogP) is 3.72. The first-order valence-corrected chi connectivity index (χ1v) is 12.7. The monoisotopic (exact) mass is 482 g/mol. The van der Waals surface area contributed by atoms with E-state index in [2.05, 4.69) is 61.5 Å². The Hall–Kier alpha value is -2.64. The third-order valence-corrected chi connectivity index (χ3v) is 7.18. The summed E-state index contributed by atoms with van der Waals surface area (Å²) in [5, 5.41) is 9.77. The topological polar surface area (TPSA) is 91.4 Å². The van der Waals surface area contributed by atoms with Crippen molar-refractivity contribution < 1.29 is 14.6 Å². The average Bonchev–Trinajstić information content (AvgIpc) is 2.85. The number of nitrogens with zero attached hydrogens (tertiary/aromatic N) is 3. The van der Waals surface area contributed by atoms with Gasteiger partial charge < -0.3 is 25.4 Å². The Kier molecular flexibility index (Phi) is 9.14. The second-order valence-corrected chi connectivity index (χ2v) is 10.7. The molecule has 2 fully saturated rings. The lowest BCUT2D eigenvalue weighted by Crippen LogP contribution is -2.49. The number of allylic oxidation sites excluding steroid dienone is 1. The van der Waals surface area contributed by atoms with Crippen molar-refractivity contribution in [2.75, 3.05) is 26.2 Å². The first-order chi connectivity index (χ1) is 16.6. The van der Waals surface area contributed by atoms with Crippen LogP contribution in [0, 0.1) is 0 Å². The minimum absolute atomic E-state index is 0.0997. The number of aliphatic hydroxyl groups excluding tert-OH is 1. The van der Waals surface area contributed by atoms with Crippen molar-refractivity contribution in [1.29, 1.82) is 0 Å². The molecule has 7 heteroatoms. The number of hydrogen-bond donors (Lipinski definition) is 2. The van der Waals surface area contributed by atoms with Gasteiger partial charge in [0.2, 0.25) is 0 Å². The van der Waals surface area contributed by atoms with Gasteiger partial charge in [-0.1, -0.05) is 51.6 Å². The van der Waals surface area contributed by atoms with Crippen LogP contribution < -0.4 is 5.73 Å². The number of ether oxygens (including phenoxy) is 1. The lowest BCUT2D eigenvalue weighted by Gasteiger charge is -2.41. The maximum atomic E-state index is 13.3. The highest BCUT2D eigenvalue weighted by Gasteiger charge is 2.30. The van der Waals surface area contributed by atoms with Crippen LogP contribution in [0.2, 0.25) is 0 Å². The number of hydrogen-bond acceptors (Lipinski definition) is 5. The van der Waals surface area contributed by atoms with Gasteiger partial charge in [0.05, 0.1) is 12.4 Å². The van der Waals surface area contributed by atoms with E-state index in [4.69, 9.17) is 10.5 Å². The van der Waals surface area contributed by atoms with Gasteiger partial charge in [0, 0.05) is 37.8 Å². The molecule has 0 aromatic heterocycles. The Morgan fingerprint density at radius 1 is 1.14 bits per heavy atom. The molecule has 2 heterocycles. The zero-order valence-corrected chi connectivity index (χ0v) is 21.8. The Balaban J connectivity index is 1.59.